The Bertz CT molecular complexity index is 2400. The number of aliphatic imine (C=N–C) groups is 1. The van der Waals surface area contributed by atoms with Gasteiger partial charge in [0, 0.05) is 70.3 Å². The third-order valence-corrected chi connectivity index (χ3v) is 18.0. The molecule has 2 spiro atoms. The van der Waals surface area contributed by atoms with E-state index in [0.717, 1.165) is 5.56 Å². The molecule has 3 fully saturated rings. The first-order chi connectivity index (χ1) is 28.1. The first kappa shape index (κ1) is 40.8. The van der Waals surface area contributed by atoms with E-state index in [2.05, 4.69) is 23.8 Å². The van der Waals surface area contributed by atoms with Crippen molar-refractivity contribution in [2.24, 2.45) is 61.3 Å². The molecular formula is C49H57N3O8. The first-order valence-corrected chi connectivity index (χ1v) is 21.4. The van der Waals surface area contributed by atoms with Crippen molar-refractivity contribution in [3.05, 3.63) is 88.6 Å². The summed E-state index contributed by atoms with van der Waals surface area (Å²) in [7, 11) is 0. The van der Waals surface area contributed by atoms with Gasteiger partial charge in [-0.1, -0.05) is 88.4 Å². The molecule has 4 bridgehead atoms. The monoisotopic (exact) mass is 815 g/mol. The summed E-state index contributed by atoms with van der Waals surface area (Å²) < 4.78 is 0. The second-order valence-corrected chi connectivity index (χ2v) is 20.1. The van der Waals surface area contributed by atoms with Crippen molar-refractivity contribution in [3.8, 4) is 11.8 Å². The Kier molecular flexibility index (Phi) is 8.50. The molecule has 11 nitrogen and oxygen atoms in total. The van der Waals surface area contributed by atoms with Crippen LogP contribution in [0, 0.1) is 56.7 Å². The number of guanidine groups is 1. The smallest absolute Gasteiger partial charge is 0.331 e. The first-order valence-electron chi connectivity index (χ1n) is 21.4. The molecule has 13 atom stereocenters. The molecule has 8 aliphatic carbocycles. The molecule has 316 valence electrons. The van der Waals surface area contributed by atoms with Crippen LogP contribution in [-0.4, -0.2) is 77.5 Å². The molecule has 0 aromatic heterocycles. The summed E-state index contributed by atoms with van der Waals surface area (Å²) in [6.07, 6.45) is 10.7. The van der Waals surface area contributed by atoms with Crippen molar-refractivity contribution < 1.29 is 39.9 Å². The number of carbonyl (C=O) groups excluding carboxylic acids is 2. The molecule has 0 amide bonds. The van der Waals surface area contributed by atoms with E-state index in [0.29, 0.717) is 17.6 Å². The van der Waals surface area contributed by atoms with Crippen molar-refractivity contribution in [2.75, 3.05) is 0 Å². The maximum absolute atomic E-state index is 15.7. The lowest BCUT2D eigenvalue weighted by atomic mass is 9.33. The molecule has 0 heterocycles. The number of rotatable bonds is 4. The van der Waals surface area contributed by atoms with E-state index >= 15 is 4.79 Å². The van der Waals surface area contributed by atoms with Crippen LogP contribution in [0.2, 0.25) is 0 Å². The highest BCUT2D eigenvalue weighted by Gasteiger charge is 2.85. The number of hydrogen-bond donors (Lipinski definition) is 7. The van der Waals surface area contributed by atoms with E-state index in [1.807, 2.05) is 62.4 Å². The van der Waals surface area contributed by atoms with Crippen LogP contribution in [-0.2, 0) is 14.4 Å². The van der Waals surface area contributed by atoms with Gasteiger partial charge >= 0.3 is 5.97 Å². The van der Waals surface area contributed by atoms with Crippen molar-refractivity contribution in [3.63, 3.8) is 0 Å². The number of allylic oxidation sites excluding steroid dienone is 2. The zero-order valence-electron chi connectivity index (χ0n) is 35.1. The molecule has 0 saturated heterocycles. The summed E-state index contributed by atoms with van der Waals surface area (Å²) >= 11 is 0. The molecule has 60 heavy (non-hydrogen) atoms. The number of aliphatic hydroxyl groups excluding tert-OH is 1. The lowest BCUT2D eigenvalue weighted by Gasteiger charge is -2.70. The predicted molar refractivity (Wildman–Crippen MR) is 225 cm³/mol. The topological polar surface area (TPSA) is 217 Å². The van der Waals surface area contributed by atoms with Gasteiger partial charge in [-0.05, 0) is 73.1 Å². The highest BCUT2D eigenvalue weighted by atomic mass is 16.4. The summed E-state index contributed by atoms with van der Waals surface area (Å²) in [6.45, 7) is 9.18. The number of carboxylic acid groups (broad SMARTS) is 1. The van der Waals surface area contributed by atoms with Crippen LogP contribution < -0.4 is 11.5 Å². The highest BCUT2D eigenvalue weighted by molar-refractivity contribution is 6.02. The van der Waals surface area contributed by atoms with Crippen LogP contribution in [0.15, 0.2) is 88.0 Å². The van der Waals surface area contributed by atoms with Crippen molar-refractivity contribution >= 4 is 29.6 Å². The average molecular weight is 816 g/mol. The minimum absolute atomic E-state index is 0.0109. The lowest BCUT2D eigenvalue weighted by molar-refractivity contribution is -0.200. The van der Waals surface area contributed by atoms with E-state index in [4.69, 9.17) is 11.5 Å². The van der Waals surface area contributed by atoms with E-state index in [1.54, 1.807) is 25.2 Å². The standard InChI is InChI=1S/C49H57N3O8/c1-28(39(56)57)31-16-21-45(52-40(50)51)23-22-44(29(2)49(45,60)38(31)55)27-46(58)24-25-47(59)32(15-14-30-12-8-6-9-13-30)36-41(3)18-10-7-11-19-48(46)37(47)35(33(53)26-43(44,48)5)42(36,4)20-17-34(41)54/h6,8-9,12-15,22-25,29,32,36,38,55,58-60H,11,16-21,26-27H2,1-5H3,(H,56,57)(H4,50,51,52). The Morgan fingerprint density at radius 2 is 1.65 bits per heavy atom. The number of fused-ring (bicyclic) bond motifs is 3. The van der Waals surface area contributed by atoms with Crippen LogP contribution in [0.4, 0.5) is 0 Å². The Balaban J connectivity index is 1.36. The van der Waals surface area contributed by atoms with Gasteiger partial charge < -0.3 is 37.0 Å². The maximum Gasteiger partial charge on any atom is 0.331 e. The quantitative estimate of drug-likeness (QED) is 0.0731. The molecule has 0 aliphatic heterocycles. The fourth-order valence-electron chi connectivity index (χ4n) is 15.3. The Morgan fingerprint density at radius 1 is 0.933 bits per heavy atom. The molecule has 9 N–H and O–H groups in total. The number of nitrogens with zero attached hydrogens (tertiary/aromatic N) is 1. The third kappa shape index (κ3) is 4.51. The van der Waals surface area contributed by atoms with Crippen molar-refractivity contribution in [1.82, 2.24) is 0 Å². The fraction of sp³-hybridized carbons (Fsp3) is 0.551. The molecule has 0 radical (unpaired) electrons. The molecule has 3 saturated carbocycles. The van der Waals surface area contributed by atoms with Crippen LogP contribution in [0.5, 0.6) is 0 Å². The summed E-state index contributed by atoms with van der Waals surface area (Å²) in [6, 6.07) is 9.74. The molecule has 8 aliphatic rings. The Morgan fingerprint density at radius 3 is 2.33 bits per heavy atom. The van der Waals surface area contributed by atoms with Crippen molar-refractivity contribution in [1.29, 1.82) is 0 Å². The summed E-state index contributed by atoms with van der Waals surface area (Å²) in [5, 5.41) is 63.7. The van der Waals surface area contributed by atoms with Crippen LogP contribution in [0.3, 0.4) is 0 Å². The summed E-state index contributed by atoms with van der Waals surface area (Å²) in [5.41, 5.74) is 0.895. The molecule has 13 unspecified atom stereocenters. The maximum atomic E-state index is 15.7. The number of aliphatic hydroxyl groups is 4. The molecule has 1 aromatic carbocycles. The molecular weight excluding hydrogens is 759 g/mol. The normalized spacial score (nSPS) is 48.0. The highest BCUT2D eigenvalue weighted by Crippen LogP contribution is 2.84. The Labute approximate surface area is 351 Å². The number of benzene rings is 1. The fourth-order valence-corrected chi connectivity index (χ4v) is 15.3. The second-order valence-electron chi connectivity index (χ2n) is 20.1. The number of nitrogens with two attached hydrogens (primary N) is 2. The van der Waals surface area contributed by atoms with Gasteiger partial charge in [-0.25, -0.2) is 9.79 Å². The molecule has 11 heteroatoms. The Hall–Kier alpha value is -4.60. The van der Waals surface area contributed by atoms with E-state index in [9.17, 15) is 35.1 Å². The number of aliphatic carboxylic acids is 1. The van der Waals surface area contributed by atoms with Crippen molar-refractivity contribution in [2.45, 2.75) is 121 Å². The van der Waals surface area contributed by atoms with E-state index in [1.165, 1.54) is 6.92 Å². The van der Waals surface area contributed by atoms with Gasteiger partial charge in [-0.2, -0.15) is 0 Å². The predicted octanol–water partition coefficient (Wildman–Crippen LogP) is 4.70. The zero-order valence-corrected chi connectivity index (χ0v) is 35.1. The van der Waals surface area contributed by atoms with Gasteiger partial charge in [0.2, 0.25) is 0 Å². The lowest BCUT2D eigenvalue weighted by Crippen LogP contribution is -2.74. The number of carboxylic acids is 1. The molecule has 1 aromatic rings. The summed E-state index contributed by atoms with van der Waals surface area (Å²) in [5.74, 6) is 2.81. The van der Waals surface area contributed by atoms with Gasteiger partial charge in [0.15, 0.2) is 11.7 Å². The molecule has 9 rings (SSSR count). The number of ketones is 2. The minimum atomic E-state index is -2.22. The minimum Gasteiger partial charge on any atom is -0.478 e. The van der Waals surface area contributed by atoms with E-state index in [-0.39, 0.29) is 80.0 Å². The van der Waals surface area contributed by atoms with Crippen LogP contribution in [0.25, 0.3) is 6.08 Å². The SMILES string of the molecule is CC(C(=O)O)=C1CCC2(N=C(N)N)C=CC3(CC4(O)C=CC5(O)C6=C7C(=O)CC3(C)C64CCC#CCC3(C)C(=O)CCC7(C)C3C5C=Cc3ccccc3)C(C)C2(O)C1O. The van der Waals surface area contributed by atoms with Crippen LogP contribution >= 0.6 is 0 Å². The van der Waals surface area contributed by atoms with Crippen LogP contribution in [0.1, 0.15) is 98.0 Å². The van der Waals surface area contributed by atoms with Gasteiger partial charge in [0.1, 0.15) is 28.6 Å². The summed E-state index contributed by atoms with van der Waals surface area (Å²) in [4.78, 5) is 47.0. The van der Waals surface area contributed by atoms with E-state index < -0.39 is 79.2 Å². The van der Waals surface area contributed by atoms with Gasteiger partial charge in [-0.3, -0.25) is 9.59 Å². The zero-order chi connectivity index (χ0) is 43.3. The third-order valence-electron chi connectivity index (χ3n) is 18.0. The number of carbonyl (C=O) groups is 3. The van der Waals surface area contributed by atoms with Gasteiger partial charge in [-0.15, -0.1) is 11.8 Å². The van der Waals surface area contributed by atoms with Gasteiger partial charge in [0.25, 0.3) is 0 Å². The van der Waals surface area contributed by atoms with Gasteiger partial charge in [0.05, 0.1) is 5.60 Å². The second kappa shape index (κ2) is 12.5. The average Bonchev–Trinajstić information content (AvgIpc) is 3.35. The number of hydrogen-bond acceptors (Lipinski definition) is 8. The number of Topliss-reactive ketones (excluding diaryl/α,β-unsaturated/α-hetero) is 2. The largest absolute Gasteiger partial charge is 0.478 e.